The Labute approximate surface area is 149 Å². The van der Waals surface area contributed by atoms with Gasteiger partial charge < -0.3 is 15.5 Å². The number of nitrogen functional groups attached to an aromatic ring is 1. The summed E-state index contributed by atoms with van der Waals surface area (Å²) in [4.78, 5) is 4.22. The van der Waals surface area contributed by atoms with Crippen molar-refractivity contribution in [1.82, 2.24) is 25.4 Å². The van der Waals surface area contributed by atoms with Gasteiger partial charge in [0.05, 0.1) is 22.8 Å². The number of hydrogen-bond acceptors (Lipinski definition) is 7. The minimum atomic E-state index is -0.256. The monoisotopic (exact) mass is 349 g/mol. The molecule has 132 valence electrons. The Balaban J connectivity index is 1.50. The van der Waals surface area contributed by atoms with Crippen LogP contribution in [0.4, 0.5) is 11.6 Å². The van der Waals surface area contributed by atoms with Gasteiger partial charge in [-0.1, -0.05) is 6.07 Å². The van der Waals surface area contributed by atoms with Gasteiger partial charge in [-0.2, -0.15) is 5.10 Å². The largest absolute Gasteiger partial charge is 0.448 e. The van der Waals surface area contributed by atoms with Crippen LogP contribution in [0.3, 0.4) is 0 Å². The highest BCUT2D eigenvalue weighted by molar-refractivity contribution is 5.91. The number of benzene rings is 1. The lowest BCUT2D eigenvalue weighted by Crippen LogP contribution is -2.28. The zero-order chi connectivity index (χ0) is 18.1. The molecule has 0 aliphatic heterocycles. The van der Waals surface area contributed by atoms with Crippen LogP contribution in [-0.4, -0.2) is 31.9 Å². The standard InChI is InChI=1S/C18H19N7O/c1-18(2,17-20-7-8-26-17)10-21-15-6-5-13(22-24-15)11-3-4-14-12(9-11)16(19)25-23-14/h3-9H,10H2,1-2H3,(H,21,24)(H3,19,23,25). The average Bonchev–Trinajstić information content (AvgIpc) is 3.31. The lowest BCUT2D eigenvalue weighted by atomic mass is 9.93. The molecule has 8 heteroatoms. The first kappa shape index (κ1) is 16.1. The van der Waals surface area contributed by atoms with Crippen LogP contribution in [0.1, 0.15) is 19.7 Å². The number of rotatable bonds is 5. The molecular formula is C18H19N7O. The molecule has 0 aliphatic carbocycles. The van der Waals surface area contributed by atoms with Gasteiger partial charge in [-0.3, -0.25) is 5.10 Å². The fourth-order valence-corrected chi connectivity index (χ4v) is 2.72. The number of anilines is 2. The number of aromatic amines is 1. The Hall–Kier alpha value is -3.42. The molecular weight excluding hydrogens is 330 g/mol. The van der Waals surface area contributed by atoms with Crippen molar-refractivity contribution >= 4 is 22.5 Å². The van der Waals surface area contributed by atoms with Crippen molar-refractivity contribution in [3.05, 3.63) is 48.7 Å². The fourth-order valence-electron chi connectivity index (χ4n) is 2.72. The molecule has 0 radical (unpaired) electrons. The third-order valence-corrected chi connectivity index (χ3v) is 4.28. The molecule has 0 saturated heterocycles. The van der Waals surface area contributed by atoms with Crippen molar-refractivity contribution in [3.8, 4) is 11.3 Å². The van der Waals surface area contributed by atoms with E-state index < -0.39 is 0 Å². The molecule has 0 spiro atoms. The number of aromatic nitrogens is 5. The Morgan fingerprint density at radius 1 is 1.19 bits per heavy atom. The molecule has 0 bridgehead atoms. The normalized spacial score (nSPS) is 11.8. The van der Waals surface area contributed by atoms with E-state index in [1.165, 1.54) is 0 Å². The van der Waals surface area contributed by atoms with Crippen molar-refractivity contribution in [1.29, 1.82) is 0 Å². The molecule has 26 heavy (non-hydrogen) atoms. The van der Waals surface area contributed by atoms with Gasteiger partial charge in [-0.05, 0) is 38.1 Å². The predicted octanol–water partition coefficient (Wildman–Crippen LogP) is 2.98. The first-order chi connectivity index (χ1) is 12.5. The molecule has 0 aliphatic rings. The van der Waals surface area contributed by atoms with Crippen LogP contribution < -0.4 is 11.1 Å². The van der Waals surface area contributed by atoms with Crippen molar-refractivity contribution in [2.24, 2.45) is 0 Å². The third-order valence-electron chi connectivity index (χ3n) is 4.28. The summed E-state index contributed by atoms with van der Waals surface area (Å²) in [7, 11) is 0. The van der Waals surface area contributed by atoms with Gasteiger partial charge in [0, 0.05) is 17.5 Å². The van der Waals surface area contributed by atoms with E-state index in [2.05, 4.69) is 44.5 Å². The topological polar surface area (TPSA) is 119 Å². The maximum Gasteiger partial charge on any atom is 0.201 e. The highest BCUT2D eigenvalue weighted by atomic mass is 16.3. The Morgan fingerprint density at radius 2 is 2.08 bits per heavy atom. The summed E-state index contributed by atoms with van der Waals surface area (Å²) < 4.78 is 5.40. The van der Waals surface area contributed by atoms with Gasteiger partial charge in [-0.25, -0.2) is 4.98 Å². The van der Waals surface area contributed by atoms with E-state index in [4.69, 9.17) is 10.2 Å². The molecule has 1 aromatic carbocycles. The first-order valence-corrected chi connectivity index (χ1v) is 8.24. The van der Waals surface area contributed by atoms with Crippen LogP contribution in [0.25, 0.3) is 22.2 Å². The number of H-pyrrole nitrogens is 1. The number of nitrogens with one attached hydrogen (secondary N) is 2. The van der Waals surface area contributed by atoms with Crippen LogP contribution >= 0.6 is 0 Å². The number of nitrogens with two attached hydrogens (primary N) is 1. The molecule has 3 aromatic heterocycles. The average molecular weight is 349 g/mol. The van der Waals surface area contributed by atoms with Crippen molar-refractivity contribution in [3.63, 3.8) is 0 Å². The zero-order valence-electron chi connectivity index (χ0n) is 14.5. The lowest BCUT2D eigenvalue weighted by molar-refractivity contribution is 0.381. The summed E-state index contributed by atoms with van der Waals surface area (Å²) in [5.74, 6) is 1.85. The summed E-state index contributed by atoms with van der Waals surface area (Å²) in [6, 6.07) is 9.67. The summed E-state index contributed by atoms with van der Waals surface area (Å²) >= 11 is 0. The second-order valence-electron chi connectivity index (χ2n) is 6.75. The van der Waals surface area contributed by atoms with E-state index in [1.54, 1.807) is 12.5 Å². The summed E-state index contributed by atoms with van der Waals surface area (Å²) in [5, 5.41) is 19.6. The van der Waals surface area contributed by atoms with Crippen molar-refractivity contribution in [2.75, 3.05) is 17.6 Å². The number of hydrogen-bond donors (Lipinski definition) is 3. The van der Waals surface area contributed by atoms with E-state index in [0.29, 0.717) is 24.1 Å². The van der Waals surface area contributed by atoms with Gasteiger partial charge in [0.2, 0.25) is 5.89 Å². The second-order valence-corrected chi connectivity index (χ2v) is 6.75. The number of oxazole rings is 1. The molecule has 0 saturated carbocycles. The molecule has 0 amide bonds. The second kappa shape index (κ2) is 6.14. The maximum absolute atomic E-state index is 5.87. The van der Waals surface area contributed by atoms with Crippen molar-refractivity contribution < 1.29 is 4.42 Å². The number of fused-ring (bicyclic) bond motifs is 1. The SMILES string of the molecule is CC(C)(CNc1ccc(-c2ccc3[nH]nc(N)c3c2)nn1)c1ncco1. The van der Waals surface area contributed by atoms with Gasteiger partial charge in [0.25, 0.3) is 0 Å². The van der Waals surface area contributed by atoms with Crippen LogP contribution in [-0.2, 0) is 5.41 Å². The smallest absolute Gasteiger partial charge is 0.201 e. The Bertz CT molecular complexity index is 1020. The van der Waals surface area contributed by atoms with Crippen LogP contribution in [0.2, 0.25) is 0 Å². The summed E-state index contributed by atoms with van der Waals surface area (Å²) in [6.07, 6.45) is 3.23. The van der Waals surface area contributed by atoms with Crippen LogP contribution in [0.5, 0.6) is 0 Å². The molecule has 3 heterocycles. The zero-order valence-corrected chi connectivity index (χ0v) is 14.5. The minimum Gasteiger partial charge on any atom is -0.448 e. The maximum atomic E-state index is 5.87. The van der Waals surface area contributed by atoms with E-state index in [-0.39, 0.29) is 5.41 Å². The quantitative estimate of drug-likeness (QED) is 0.507. The molecule has 4 aromatic rings. The highest BCUT2D eigenvalue weighted by Crippen LogP contribution is 2.26. The Kier molecular flexibility index (Phi) is 3.80. The third kappa shape index (κ3) is 2.97. The first-order valence-electron chi connectivity index (χ1n) is 8.24. The van der Waals surface area contributed by atoms with Crippen LogP contribution in [0.15, 0.2) is 47.2 Å². The predicted molar refractivity (Wildman–Crippen MR) is 99.6 cm³/mol. The van der Waals surface area contributed by atoms with Gasteiger partial charge in [0.15, 0.2) is 5.82 Å². The van der Waals surface area contributed by atoms with E-state index in [0.717, 1.165) is 22.2 Å². The molecule has 4 N–H and O–H groups in total. The lowest BCUT2D eigenvalue weighted by Gasteiger charge is -2.21. The molecule has 8 nitrogen and oxygen atoms in total. The van der Waals surface area contributed by atoms with E-state index in [9.17, 15) is 0 Å². The molecule has 0 atom stereocenters. The molecule has 0 fully saturated rings. The van der Waals surface area contributed by atoms with Crippen molar-refractivity contribution in [2.45, 2.75) is 19.3 Å². The summed E-state index contributed by atoms with van der Waals surface area (Å²) in [5.41, 5.74) is 8.21. The summed E-state index contributed by atoms with van der Waals surface area (Å²) in [6.45, 7) is 4.73. The molecule has 0 unspecified atom stereocenters. The fraction of sp³-hybridized carbons (Fsp3) is 0.222. The van der Waals surface area contributed by atoms with Crippen LogP contribution in [0, 0.1) is 0 Å². The van der Waals surface area contributed by atoms with Gasteiger partial charge in [-0.15, -0.1) is 10.2 Å². The van der Waals surface area contributed by atoms with Gasteiger partial charge >= 0.3 is 0 Å². The van der Waals surface area contributed by atoms with Gasteiger partial charge in [0.1, 0.15) is 12.1 Å². The molecule has 4 rings (SSSR count). The Morgan fingerprint density at radius 3 is 2.81 bits per heavy atom. The number of nitrogens with zero attached hydrogens (tertiary/aromatic N) is 4. The van der Waals surface area contributed by atoms with E-state index in [1.807, 2.05) is 30.3 Å². The highest BCUT2D eigenvalue weighted by Gasteiger charge is 2.25. The minimum absolute atomic E-state index is 0.256. The van der Waals surface area contributed by atoms with E-state index >= 15 is 0 Å².